The third-order valence-electron chi connectivity index (χ3n) is 2.30. The van der Waals surface area contributed by atoms with Crippen molar-refractivity contribution >= 4 is 6.72 Å². The summed E-state index contributed by atoms with van der Waals surface area (Å²) in [6.45, 7) is 9.82. The lowest BCUT2D eigenvalue weighted by molar-refractivity contribution is 0.745. The summed E-state index contributed by atoms with van der Waals surface area (Å²) in [5.41, 5.74) is 2.36. The van der Waals surface area contributed by atoms with Gasteiger partial charge in [-0.05, 0) is 38.6 Å². The molecule has 0 aromatic rings. The van der Waals surface area contributed by atoms with Gasteiger partial charge in [-0.25, -0.2) is 0 Å². The van der Waals surface area contributed by atoms with E-state index in [9.17, 15) is 0 Å². The zero-order valence-corrected chi connectivity index (χ0v) is 7.96. The van der Waals surface area contributed by atoms with Crippen molar-refractivity contribution in [2.75, 3.05) is 0 Å². The minimum Gasteiger partial charge on any atom is -0.286 e. The van der Waals surface area contributed by atoms with Gasteiger partial charge in [0.2, 0.25) is 0 Å². The lowest BCUT2D eigenvalue weighted by Crippen LogP contribution is -2.13. The van der Waals surface area contributed by atoms with E-state index in [1.54, 1.807) is 0 Å². The monoisotopic (exact) mass is 161 g/mol. The summed E-state index contributed by atoms with van der Waals surface area (Å²) in [7, 11) is 0. The molecule has 1 aliphatic rings. The zero-order chi connectivity index (χ0) is 9.19. The van der Waals surface area contributed by atoms with Gasteiger partial charge in [0.1, 0.15) is 0 Å². The molecule has 64 valence electrons. The van der Waals surface area contributed by atoms with E-state index in [-0.39, 0.29) is 5.54 Å². The molecule has 0 aromatic heterocycles. The molecule has 12 heavy (non-hydrogen) atoms. The normalized spacial score (nSPS) is 20.9. The van der Waals surface area contributed by atoms with Crippen LogP contribution in [0.2, 0.25) is 0 Å². The number of aliphatic imine (C=N–C) groups is 1. The smallest absolute Gasteiger partial charge is 0.0939 e. The molecule has 0 radical (unpaired) electrons. The molecule has 1 nitrogen and oxygen atoms in total. The predicted molar refractivity (Wildman–Crippen MR) is 54.6 cm³/mol. The van der Waals surface area contributed by atoms with Gasteiger partial charge in [0.25, 0.3) is 0 Å². The standard InChI is InChI=1S/C11H15N/c1-9-5-7-11(3,12-4)8-6-10(9)2/h5-8H,4H2,1-3H3. The van der Waals surface area contributed by atoms with Crippen LogP contribution in [0, 0.1) is 0 Å². The van der Waals surface area contributed by atoms with E-state index in [0.29, 0.717) is 0 Å². The summed E-state index contributed by atoms with van der Waals surface area (Å²) >= 11 is 0. The lowest BCUT2D eigenvalue weighted by atomic mass is 10.0. The zero-order valence-electron chi connectivity index (χ0n) is 7.96. The Morgan fingerprint density at radius 2 is 1.58 bits per heavy atom. The van der Waals surface area contributed by atoms with Crippen LogP contribution in [0.4, 0.5) is 0 Å². The van der Waals surface area contributed by atoms with Gasteiger partial charge in [-0.3, -0.25) is 4.99 Å². The molecule has 1 aliphatic carbocycles. The largest absolute Gasteiger partial charge is 0.286 e. The Balaban J connectivity index is 3.06. The van der Waals surface area contributed by atoms with E-state index in [4.69, 9.17) is 0 Å². The van der Waals surface area contributed by atoms with E-state index >= 15 is 0 Å². The highest BCUT2D eigenvalue weighted by molar-refractivity contribution is 5.41. The minimum atomic E-state index is -0.223. The maximum atomic E-state index is 4.06. The van der Waals surface area contributed by atoms with E-state index < -0.39 is 0 Å². The fourth-order valence-corrected chi connectivity index (χ4v) is 1.01. The first kappa shape index (κ1) is 8.98. The summed E-state index contributed by atoms with van der Waals surface area (Å²) in [5.74, 6) is 0. The predicted octanol–water partition coefficient (Wildman–Crippen LogP) is 2.91. The maximum Gasteiger partial charge on any atom is 0.0939 e. The summed E-state index contributed by atoms with van der Waals surface area (Å²) in [5, 5.41) is 0. The van der Waals surface area contributed by atoms with Crippen molar-refractivity contribution in [3.8, 4) is 0 Å². The summed E-state index contributed by atoms with van der Waals surface area (Å²) in [4.78, 5) is 4.06. The number of hydrogen-bond acceptors (Lipinski definition) is 1. The van der Waals surface area contributed by atoms with Crippen LogP contribution in [-0.2, 0) is 0 Å². The van der Waals surface area contributed by atoms with E-state index in [0.717, 1.165) is 0 Å². The van der Waals surface area contributed by atoms with Crippen molar-refractivity contribution in [2.45, 2.75) is 26.3 Å². The number of allylic oxidation sites excluding steroid dienone is 4. The highest BCUT2D eigenvalue weighted by Crippen LogP contribution is 2.21. The Bertz CT molecular complexity index is 257. The van der Waals surface area contributed by atoms with Crippen LogP contribution in [0.5, 0.6) is 0 Å². The van der Waals surface area contributed by atoms with Crippen molar-refractivity contribution in [3.05, 3.63) is 35.5 Å². The molecule has 0 aliphatic heterocycles. The first-order valence-electron chi connectivity index (χ1n) is 4.11. The van der Waals surface area contributed by atoms with Crippen LogP contribution in [0.1, 0.15) is 20.8 Å². The molecule has 0 heterocycles. The first-order chi connectivity index (χ1) is 5.57. The van der Waals surface area contributed by atoms with E-state index in [2.05, 4.69) is 49.9 Å². The average Bonchev–Trinajstić information content (AvgIpc) is 2.20. The van der Waals surface area contributed by atoms with Crippen LogP contribution in [0.3, 0.4) is 0 Å². The molecule has 0 atom stereocenters. The Kier molecular flexibility index (Phi) is 2.32. The topological polar surface area (TPSA) is 12.4 Å². The molecule has 0 saturated heterocycles. The van der Waals surface area contributed by atoms with Crippen molar-refractivity contribution in [1.29, 1.82) is 0 Å². The van der Waals surface area contributed by atoms with Crippen molar-refractivity contribution < 1.29 is 0 Å². The van der Waals surface area contributed by atoms with Crippen molar-refractivity contribution in [3.63, 3.8) is 0 Å². The molecule has 1 heteroatoms. The van der Waals surface area contributed by atoms with Gasteiger partial charge < -0.3 is 0 Å². The second-order valence-electron chi connectivity index (χ2n) is 3.42. The Morgan fingerprint density at radius 3 is 1.92 bits per heavy atom. The molecule has 0 aromatic carbocycles. The first-order valence-corrected chi connectivity index (χ1v) is 4.11. The van der Waals surface area contributed by atoms with Gasteiger partial charge in [-0.15, -0.1) is 0 Å². The fourth-order valence-electron chi connectivity index (χ4n) is 1.01. The number of rotatable bonds is 1. The Hall–Kier alpha value is -1.11. The molecule has 0 unspecified atom stereocenters. The quantitative estimate of drug-likeness (QED) is 0.524. The minimum absolute atomic E-state index is 0.223. The SMILES string of the molecule is C=NC1(C)C=CC(C)=C(C)C=C1. The number of hydrogen-bond donors (Lipinski definition) is 0. The maximum absolute atomic E-state index is 4.06. The highest BCUT2D eigenvalue weighted by Gasteiger charge is 2.14. The summed E-state index contributed by atoms with van der Waals surface area (Å²) in [6.07, 6.45) is 8.35. The van der Waals surface area contributed by atoms with Crippen molar-refractivity contribution in [2.24, 2.45) is 4.99 Å². The second-order valence-corrected chi connectivity index (χ2v) is 3.42. The average molecular weight is 161 g/mol. The molecule has 0 spiro atoms. The van der Waals surface area contributed by atoms with Gasteiger partial charge in [-0.1, -0.05) is 24.3 Å². The Morgan fingerprint density at radius 1 is 1.17 bits per heavy atom. The van der Waals surface area contributed by atoms with E-state index in [1.165, 1.54) is 11.1 Å². The molecule has 1 rings (SSSR count). The summed E-state index contributed by atoms with van der Waals surface area (Å²) < 4.78 is 0. The van der Waals surface area contributed by atoms with Crippen LogP contribution in [0.25, 0.3) is 0 Å². The third-order valence-corrected chi connectivity index (χ3v) is 2.30. The second kappa shape index (κ2) is 3.10. The molecule has 0 bridgehead atoms. The highest BCUT2D eigenvalue weighted by atomic mass is 14.8. The molecule has 0 amide bonds. The molecule has 0 N–H and O–H groups in total. The van der Waals surface area contributed by atoms with Gasteiger partial charge in [0.15, 0.2) is 0 Å². The van der Waals surface area contributed by atoms with Crippen LogP contribution in [-0.4, -0.2) is 12.3 Å². The Labute approximate surface area is 74.2 Å². The van der Waals surface area contributed by atoms with Gasteiger partial charge in [0, 0.05) is 0 Å². The van der Waals surface area contributed by atoms with E-state index in [1.807, 2.05) is 6.92 Å². The molecule has 0 fully saturated rings. The summed E-state index contributed by atoms with van der Waals surface area (Å²) in [6, 6.07) is 0. The van der Waals surface area contributed by atoms with Gasteiger partial charge >= 0.3 is 0 Å². The molecule has 0 saturated carbocycles. The van der Waals surface area contributed by atoms with Crippen LogP contribution >= 0.6 is 0 Å². The fraction of sp³-hybridized carbons (Fsp3) is 0.364. The van der Waals surface area contributed by atoms with Gasteiger partial charge in [-0.2, -0.15) is 0 Å². The molecular weight excluding hydrogens is 146 g/mol. The molecular formula is C11H15N. The van der Waals surface area contributed by atoms with Crippen LogP contribution in [0.15, 0.2) is 40.4 Å². The van der Waals surface area contributed by atoms with Crippen molar-refractivity contribution in [1.82, 2.24) is 0 Å². The van der Waals surface area contributed by atoms with Gasteiger partial charge in [0.05, 0.1) is 5.54 Å². The third kappa shape index (κ3) is 1.73. The van der Waals surface area contributed by atoms with Crippen LogP contribution < -0.4 is 0 Å². The lowest BCUT2D eigenvalue weighted by Gasteiger charge is -2.13. The number of nitrogens with zero attached hydrogens (tertiary/aromatic N) is 1.